The van der Waals surface area contributed by atoms with Crippen LogP contribution in [0.3, 0.4) is 0 Å². The number of nitrogens with one attached hydrogen (secondary N) is 1. The molecule has 1 aromatic carbocycles. The van der Waals surface area contributed by atoms with Crippen molar-refractivity contribution >= 4 is 15.7 Å². The van der Waals surface area contributed by atoms with Crippen LogP contribution in [0, 0.1) is 17.0 Å². The summed E-state index contributed by atoms with van der Waals surface area (Å²) in [5.74, 6) is 0. The molecule has 0 saturated heterocycles. The minimum atomic E-state index is -3.72. The first-order valence-electron chi connectivity index (χ1n) is 6.09. The molecule has 0 bridgehead atoms. The number of hydrogen-bond donors (Lipinski definition) is 1. The molecule has 1 N–H and O–H groups in total. The van der Waals surface area contributed by atoms with E-state index >= 15 is 0 Å². The normalized spacial score (nSPS) is 11.8. The molecular weight excluding hydrogens is 268 g/mol. The van der Waals surface area contributed by atoms with Crippen molar-refractivity contribution < 1.29 is 13.3 Å². The molecule has 0 aliphatic carbocycles. The minimum absolute atomic E-state index is 0.0337. The molecule has 0 unspecified atom stereocenters. The quantitative estimate of drug-likeness (QED) is 0.642. The summed E-state index contributed by atoms with van der Waals surface area (Å²) in [5, 5.41) is 10.7. The first-order chi connectivity index (χ1) is 8.81. The van der Waals surface area contributed by atoms with Crippen molar-refractivity contribution in [3.8, 4) is 0 Å². The van der Waals surface area contributed by atoms with Crippen molar-refractivity contribution in [2.75, 3.05) is 0 Å². The van der Waals surface area contributed by atoms with E-state index in [1.165, 1.54) is 12.1 Å². The molecule has 19 heavy (non-hydrogen) atoms. The van der Waals surface area contributed by atoms with Crippen LogP contribution in [0.2, 0.25) is 0 Å². The molecule has 0 amide bonds. The van der Waals surface area contributed by atoms with Gasteiger partial charge in [-0.2, -0.15) is 0 Å². The second-order valence-corrected chi connectivity index (χ2v) is 6.02. The second-order valence-electron chi connectivity index (χ2n) is 4.34. The van der Waals surface area contributed by atoms with Gasteiger partial charge in [-0.15, -0.1) is 0 Å². The van der Waals surface area contributed by atoms with Crippen LogP contribution < -0.4 is 4.72 Å². The highest BCUT2D eigenvalue weighted by Gasteiger charge is 2.22. The molecule has 0 spiro atoms. The Kier molecular flexibility index (Phi) is 5.02. The number of sulfonamides is 1. The summed E-state index contributed by atoms with van der Waals surface area (Å²) in [6.45, 7) is 5.39. The molecular formula is C12H18N2O4S. The molecule has 0 fully saturated rings. The van der Waals surface area contributed by atoms with Crippen LogP contribution >= 0.6 is 0 Å². The SMILES string of the molecule is CCC(CC)NS(=O)(=O)c1cc([N+](=O)[O-])ccc1C. The first kappa shape index (κ1) is 15.6. The predicted octanol–water partition coefficient (Wildman–Crippen LogP) is 2.37. The smallest absolute Gasteiger partial charge is 0.258 e. The van der Waals surface area contributed by atoms with Crippen molar-refractivity contribution in [2.24, 2.45) is 0 Å². The van der Waals surface area contributed by atoms with Gasteiger partial charge in [0, 0.05) is 18.2 Å². The maximum atomic E-state index is 12.2. The highest BCUT2D eigenvalue weighted by Crippen LogP contribution is 2.22. The number of non-ortho nitro benzene ring substituents is 1. The van der Waals surface area contributed by atoms with Crippen LogP contribution in [-0.2, 0) is 10.0 Å². The van der Waals surface area contributed by atoms with Crippen LogP contribution in [-0.4, -0.2) is 19.4 Å². The third-order valence-corrected chi connectivity index (χ3v) is 4.64. The molecule has 1 rings (SSSR count). The topological polar surface area (TPSA) is 89.3 Å². The molecule has 0 aromatic heterocycles. The van der Waals surface area contributed by atoms with E-state index < -0.39 is 14.9 Å². The Balaban J connectivity index is 3.20. The van der Waals surface area contributed by atoms with Gasteiger partial charge in [-0.05, 0) is 25.3 Å². The fraction of sp³-hybridized carbons (Fsp3) is 0.500. The van der Waals surface area contributed by atoms with Gasteiger partial charge in [-0.25, -0.2) is 13.1 Å². The highest BCUT2D eigenvalue weighted by molar-refractivity contribution is 7.89. The van der Waals surface area contributed by atoms with Crippen LogP contribution in [0.4, 0.5) is 5.69 Å². The highest BCUT2D eigenvalue weighted by atomic mass is 32.2. The van der Waals surface area contributed by atoms with E-state index in [-0.39, 0.29) is 16.6 Å². The summed E-state index contributed by atoms with van der Waals surface area (Å²) < 4.78 is 27.0. The molecule has 0 radical (unpaired) electrons. The molecule has 0 saturated carbocycles. The number of rotatable bonds is 6. The van der Waals surface area contributed by atoms with Crippen molar-refractivity contribution in [3.05, 3.63) is 33.9 Å². The molecule has 0 heterocycles. The lowest BCUT2D eigenvalue weighted by Gasteiger charge is -2.16. The van der Waals surface area contributed by atoms with Crippen molar-refractivity contribution in [2.45, 2.75) is 44.6 Å². The average molecular weight is 286 g/mol. The van der Waals surface area contributed by atoms with E-state index in [4.69, 9.17) is 0 Å². The van der Waals surface area contributed by atoms with E-state index in [9.17, 15) is 18.5 Å². The third kappa shape index (κ3) is 3.74. The Morgan fingerprint density at radius 1 is 1.32 bits per heavy atom. The Bertz CT molecular complexity index is 565. The minimum Gasteiger partial charge on any atom is -0.258 e. The van der Waals surface area contributed by atoms with E-state index in [1.807, 2.05) is 13.8 Å². The molecule has 106 valence electrons. The van der Waals surface area contributed by atoms with Gasteiger partial charge in [0.25, 0.3) is 5.69 Å². The Labute approximate surface area is 113 Å². The number of nitrogens with zero attached hydrogens (tertiary/aromatic N) is 1. The van der Waals surface area contributed by atoms with Crippen molar-refractivity contribution in [3.63, 3.8) is 0 Å². The maximum absolute atomic E-state index is 12.2. The zero-order valence-corrected chi connectivity index (χ0v) is 12.0. The molecule has 6 nitrogen and oxygen atoms in total. The van der Waals surface area contributed by atoms with Crippen LogP contribution in [0.1, 0.15) is 32.3 Å². The van der Waals surface area contributed by atoms with E-state index in [2.05, 4.69) is 4.72 Å². The van der Waals surface area contributed by atoms with Gasteiger partial charge >= 0.3 is 0 Å². The zero-order valence-electron chi connectivity index (χ0n) is 11.2. The Morgan fingerprint density at radius 3 is 2.37 bits per heavy atom. The van der Waals surface area contributed by atoms with E-state index in [0.717, 1.165) is 6.07 Å². The van der Waals surface area contributed by atoms with Gasteiger partial charge in [0.05, 0.1) is 9.82 Å². The van der Waals surface area contributed by atoms with Gasteiger partial charge in [0.1, 0.15) is 0 Å². The molecule has 0 atom stereocenters. The first-order valence-corrected chi connectivity index (χ1v) is 7.57. The average Bonchev–Trinajstić information content (AvgIpc) is 2.35. The maximum Gasteiger partial charge on any atom is 0.270 e. The van der Waals surface area contributed by atoms with Gasteiger partial charge in [-0.1, -0.05) is 19.9 Å². The fourth-order valence-electron chi connectivity index (χ4n) is 1.73. The summed E-state index contributed by atoms with van der Waals surface area (Å²) in [5.41, 5.74) is 0.263. The summed E-state index contributed by atoms with van der Waals surface area (Å²) in [4.78, 5) is 10.1. The van der Waals surface area contributed by atoms with Gasteiger partial charge in [0.15, 0.2) is 0 Å². The number of nitro groups is 1. The van der Waals surface area contributed by atoms with Gasteiger partial charge in [0.2, 0.25) is 10.0 Å². The summed E-state index contributed by atoms with van der Waals surface area (Å²) >= 11 is 0. The lowest BCUT2D eigenvalue weighted by molar-refractivity contribution is -0.385. The van der Waals surface area contributed by atoms with Crippen LogP contribution in [0.25, 0.3) is 0 Å². The Morgan fingerprint density at radius 2 is 1.89 bits per heavy atom. The molecule has 0 aliphatic rings. The largest absolute Gasteiger partial charge is 0.270 e. The second kappa shape index (κ2) is 6.12. The number of nitro benzene ring substituents is 1. The van der Waals surface area contributed by atoms with Gasteiger partial charge in [-0.3, -0.25) is 10.1 Å². The van der Waals surface area contributed by atoms with Crippen LogP contribution in [0.15, 0.2) is 23.1 Å². The third-order valence-electron chi connectivity index (χ3n) is 2.98. The Hall–Kier alpha value is -1.47. The predicted molar refractivity (Wildman–Crippen MR) is 72.5 cm³/mol. The van der Waals surface area contributed by atoms with Crippen molar-refractivity contribution in [1.82, 2.24) is 4.72 Å². The number of aryl methyl sites for hydroxylation is 1. The standard InChI is InChI=1S/C12H18N2O4S/c1-4-10(5-2)13-19(17,18)12-8-11(14(15)16)7-6-9(12)3/h6-8,10,13H,4-5H2,1-3H3. The number of hydrogen-bond acceptors (Lipinski definition) is 4. The lowest BCUT2D eigenvalue weighted by Crippen LogP contribution is -2.34. The summed E-state index contributed by atoms with van der Waals surface area (Å²) in [7, 11) is -3.72. The molecule has 7 heteroatoms. The van der Waals surface area contributed by atoms with Crippen molar-refractivity contribution in [1.29, 1.82) is 0 Å². The fourth-order valence-corrected chi connectivity index (χ4v) is 3.40. The molecule has 1 aromatic rings. The number of benzene rings is 1. The summed E-state index contributed by atoms with van der Waals surface area (Å²) in [6, 6.07) is 3.68. The summed E-state index contributed by atoms with van der Waals surface area (Å²) in [6.07, 6.45) is 1.34. The monoisotopic (exact) mass is 286 g/mol. The van der Waals surface area contributed by atoms with E-state index in [0.29, 0.717) is 18.4 Å². The zero-order chi connectivity index (χ0) is 14.6. The molecule has 0 aliphatic heterocycles. The van der Waals surface area contributed by atoms with E-state index in [1.54, 1.807) is 6.92 Å². The van der Waals surface area contributed by atoms with Gasteiger partial charge < -0.3 is 0 Å². The lowest BCUT2D eigenvalue weighted by atomic mass is 10.2. The van der Waals surface area contributed by atoms with Crippen LogP contribution in [0.5, 0.6) is 0 Å².